The lowest BCUT2D eigenvalue weighted by molar-refractivity contribution is 0.0923. The minimum absolute atomic E-state index is 0.165. The summed E-state index contributed by atoms with van der Waals surface area (Å²) in [7, 11) is 0. The van der Waals surface area contributed by atoms with Gasteiger partial charge < -0.3 is 5.32 Å². The molecule has 0 radical (unpaired) electrons. The van der Waals surface area contributed by atoms with Gasteiger partial charge in [0.2, 0.25) is 0 Å². The van der Waals surface area contributed by atoms with Gasteiger partial charge in [-0.2, -0.15) is 0 Å². The number of benzene rings is 2. The van der Waals surface area contributed by atoms with Crippen LogP contribution >= 0.6 is 22.9 Å². The van der Waals surface area contributed by atoms with Crippen molar-refractivity contribution in [3.63, 3.8) is 0 Å². The number of hydrogen-bond donors (Lipinski definition) is 1. The number of para-hydroxylation sites is 1. The van der Waals surface area contributed by atoms with E-state index in [1.807, 2.05) is 23.6 Å². The maximum atomic E-state index is 13.0. The fourth-order valence-electron chi connectivity index (χ4n) is 3.50. The van der Waals surface area contributed by atoms with E-state index in [0.717, 1.165) is 15.6 Å². The van der Waals surface area contributed by atoms with Gasteiger partial charge in [-0.05, 0) is 42.5 Å². The molecule has 0 aliphatic carbocycles. The van der Waals surface area contributed by atoms with Gasteiger partial charge in [0.25, 0.3) is 17.7 Å². The lowest BCUT2D eigenvalue weighted by atomic mass is 10.1. The molecule has 4 aromatic rings. The highest BCUT2D eigenvalue weighted by atomic mass is 35.5. The van der Waals surface area contributed by atoms with E-state index in [1.165, 1.54) is 29.5 Å². The highest BCUT2D eigenvalue weighted by molar-refractivity contribution is 7.13. The van der Waals surface area contributed by atoms with Gasteiger partial charge in [-0.3, -0.25) is 19.4 Å². The van der Waals surface area contributed by atoms with Crippen LogP contribution < -0.4 is 10.2 Å². The summed E-state index contributed by atoms with van der Waals surface area (Å²) >= 11 is 7.62. The smallest absolute Gasteiger partial charge is 0.266 e. The molecule has 1 N–H and O–H groups in total. The van der Waals surface area contributed by atoms with Crippen LogP contribution in [0.25, 0.3) is 10.7 Å². The Hall–Kier alpha value is -3.88. The second kappa shape index (κ2) is 8.57. The van der Waals surface area contributed by atoms with Crippen LogP contribution in [-0.2, 0) is 6.54 Å². The number of imide groups is 1. The lowest BCUT2D eigenvalue weighted by Gasteiger charge is -2.15. The first-order valence-electron chi connectivity index (χ1n) is 9.94. The summed E-state index contributed by atoms with van der Waals surface area (Å²) < 4.78 is 0. The highest BCUT2D eigenvalue weighted by Crippen LogP contribution is 2.33. The molecule has 1 aliphatic heterocycles. The van der Waals surface area contributed by atoms with E-state index in [4.69, 9.17) is 11.6 Å². The Morgan fingerprint density at radius 3 is 2.58 bits per heavy atom. The number of fused-ring (bicyclic) bond motifs is 1. The number of nitrogens with zero attached hydrogens (tertiary/aromatic N) is 3. The first kappa shape index (κ1) is 21.0. The second-order valence-electron chi connectivity index (χ2n) is 7.20. The average molecular weight is 475 g/mol. The number of amides is 3. The van der Waals surface area contributed by atoms with Gasteiger partial charge in [0.05, 0.1) is 39.8 Å². The van der Waals surface area contributed by atoms with Crippen molar-refractivity contribution in [1.29, 1.82) is 0 Å². The SMILES string of the molecule is O=C(NCc1csc(-c2ccccn2)n1)c1ccc2c(c1)C(=O)N(c1ccccc1Cl)C2=O. The third kappa shape index (κ3) is 3.90. The summed E-state index contributed by atoms with van der Waals surface area (Å²) in [6, 6.07) is 16.7. The summed E-state index contributed by atoms with van der Waals surface area (Å²) in [4.78, 5) is 48.3. The van der Waals surface area contributed by atoms with E-state index < -0.39 is 11.8 Å². The zero-order valence-corrected chi connectivity index (χ0v) is 18.6. The molecule has 1 aliphatic rings. The number of thiazole rings is 1. The number of anilines is 1. The summed E-state index contributed by atoms with van der Waals surface area (Å²) in [5.41, 5.74) is 2.45. The summed E-state index contributed by atoms with van der Waals surface area (Å²) in [5.74, 6) is -1.36. The fourth-order valence-corrected chi connectivity index (χ4v) is 4.52. The zero-order valence-electron chi connectivity index (χ0n) is 17.0. The molecule has 0 fully saturated rings. The van der Waals surface area contributed by atoms with Gasteiger partial charge in [0.1, 0.15) is 5.01 Å². The molecule has 0 saturated carbocycles. The molecule has 2 aromatic heterocycles. The van der Waals surface area contributed by atoms with E-state index in [1.54, 1.807) is 30.5 Å². The average Bonchev–Trinajstić information content (AvgIpc) is 3.41. The number of pyridine rings is 1. The predicted octanol–water partition coefficient (Wildman–Crippen LogP) is 4.59. The number of hydrogen-bond acceptors (Lipinski definition) is 6. The van der Waals surface area contributed by atoms with Crippen molar-refractivity contribution in [2.45, 2.75) is 6.54 Å². The van der Waals surface area contributed by atoms with Crippen LogP contribution in [-0.4, -0.2) is 27.7 Å². The molecular weight excluding hydrogens is 460 g/mol. The van der Waals surface area contributed by atoms with Gasteiger partial charge in [0, 0.05) is 17.1 Å². The van der Waals surface area contributed by atoms with Crippen molar-refractivity contribution < 1.29 is 14.4 Å². The maximum Gasteiger partial charge on any atom is 0.266 e. The van der Waals surface area contributed by atoms with Crippen molar-refractivity contribution in [2.24, 2.45) is 0 Å². The maximum absolute atomic E-state index is 13.0. The monoisotopic (exact) mass is 474 g/mol. The number of aromatic nitrogens is 2. The number of rotatable bonds is 5. The quantitative estimate of drug-likeness (QED) is 0.427. The van der Waals surface area contributed by atoms with Crippen LogP contribution in [0.15, 0.2) is 72.2 Å². The summed E-state index contributed by atoms with van der Waals surface area (Å²) in [5, 5.41) is 5.72. The fraction of sp³-hybridized carbons (Fsp3) is 0.0417. The molecule has 3 amide bonds. The normalized spacial score (nSPS) is 12.7. The number of nitrogens with one attached hydrogen (secondary N) is 1. The standard InChI is InChI=1S/C24H15ClN4O3S/c25-18-5-1-2-7-20(18)29-23(31)16-9-8-14(11-17(16)24(29)32)21(30)27-12-15-13-33-22(28-15)19-6-3-4-10-26-19/h1-11,13H,12H2,(H,27,30). The molecule has 2 aromatic carbocycles. The first-order valence-corrected chi connectivity index (χ1v) is 11.2. The van der Waals surface area contributed by atoms with Crippen LogP contribution in [0.3, 0.4) is 0 Å². The zero-order chi connectivity index (χ0) is 22.9. The van der Waals surface area contributed by atoms with Gasteiger partial charge >= 0.3 is 0 Å². The molecule has 0 spiro atoms. The Kier molecular flexibility index (Phi) is 5.45. The largest absolute Gasteiger partial charge is 0.346 e. The Balaban J connectivity index is 1.32. The minimum atomic E-state index is -0.516. The molecule has 7 nitrogen and oxygen atoms in total. The van der Waals surface area contributed by atoms with Gasteiger partial charge in [-0.15, -0.1) is 11.3 Å². The van der Waals surface area contributed by atoms with Crippen molar-refractivity contribution in [3.8, 4) is 10.7 Å². The van der Waals surface area contributed by atoms with Crippen molar-refractivity contribution in [2.75, 3.05) is 4.90 Å². The Morgan fingerprint density at radius 1 is 1.00 bits per heavy atom. The lowest BCUT2D eigenvalue weighted by Crippen LogP contribution is -2.29. The molecular formula is C24H15ClN4O3S. The summed E-state index contributed by atoms with van der Waals surface area (Å²) in [6.45, 7) is 0.220. The molecule has 0 unspecified atom stereocenters. The van der Waals surface area contributed by atoms with Crippen LogP contribution in [0.4, 0.5) is 5.69 Å². The van der Waals surface area contributed by atoms with Crippen LogP contribution in [0.5, 0.6) is 0 Å². The van der Waals surface area contributed by atoms with Crippen LogP contribution in [0.2, 0.25) is 5.02 Å². The van der Waals surface area contributed by atoms with Crippen molar-refractivity contribution in [3.05, 3.63) is 99.6 Å². The van der Waals surface area contributed by atoms with E-state index in [2.05, 4.69) is 15.3 Å². The molecule has 33 heavy (non-hydrogen) atoms. The van der Waals surface area contributed by atoms with Gasteiger partial charge in [-0.25, -0.2) is 9.88 Å². The molecule has 162 valence electrons. The number of halogens is 1. The number of carbonyl (C=O) groups excluding carboxylic acids is 3. The topological polar surface area (TPSA) is 92.3 Å². The van der Waals surface area contributed by atoms with Gasteiger partial charge in [-0.1, -0.05) is 29.8 Å². The first-order chi connectivity index (χ1) is 16.0. The van der Waals surface area contributed by atoms with E-state index in [0.29, 0.717) is 16.4 Å². The predicted molar refractivity (Wildman–Crippen MR) is 126 cm³/mol. The van der Waals surface area contributed by atoms with Crippen LogP contribution in [0, 0.1) is 0 Å². The van der Waals surface area contributed by atoms with Crippen molar-refractivity contribution in [1.82, 2.24) is 15.3 Å². The highest BCUT2D eigenvalue weighted by Gasteiger charge is 2.38. The molecule has 9 heteroatoms. The molecule has 0 atom stereocenters. The second-order valence-corrected chi connectivity index (χ2v) is 8.46. The molecule has 5 rings (SSSR count). The third-order valence-electron chi connectivity index (χ3n) is 5.11. The molecule has 0 saturated heterocycles. The Labute approximate surface area is 197 Å². The Bertz CT molecular complexity index is 1400. The van der Waals surface area contributed by atoms with Crippen molar-refractivity contribution >= 4 is 46.3 Å². The Morgan fingerprint density at radius 2 is 1.79 bits per heavy atom. The number of carbonyl (C=O) groups is 3. The third-order valence-corrected chi connectivity index (χ3v) is 6.34. The van der Waals surface area contributed by atoms with E-state index in [-0.39, 0.29) is 29.1 Å². The van der Waals surface area contributed by atoms with E-state index >= 15 is 0 Å². The van der Waals surface area contributed by atoms with E-state index in [9.17, 15) is 14.4 Å². The molecule has 3 heterocycles. The van der Waals surface area contributed by atoms with Gasteiger partial charge in [0.15, 0.2) is 0 Å². The molecule has 0 bridgehead atoms. The minimum Gasteiger partial charge on any atom is -0.346 e. The summed E-state index contributed by atoms with van der Waals surface area (Å²) in [6.07, 6.45) is 1.70. The van der Waals surface area contributed by atoms with Crippen LogP contribution in [0.1, 0.15) is 36.8 Å².